The molecule has 1 amide bonds. The van der Waals surface area contributed by atoms with Crippen LogP contribution in [0.25, 0.3) is 0 Å². The molecule has 1 aliphatic rings. The number of amides is 1. The van der Waals surface area contributed by atoms with Crippen LogP contribution in [0.1, 0.15) is 48.7 Å². The monoisotopic (exact) mass is 291 g/mol. The first-order chi connectivity index (χ1) is 10.0. The highest BCUT2D eigenvalue weighted by Crippen LogP contribution is 2.22. The van der Waals surface area contributed by atoms with Gasteiger partial charge in [0.2, 0.25) is 0 Å². The number of anilines is 1. The summed E-state index contributed by atoms with van der Waals surface area (Å²) >= 11 is 0. The second-order valence-corrected chi connectivity index (χ2v) is 6.01. The zero-order valence-corrected chi connectivity index (χ0v) is 13.1. The lowest BCUT2D eigenvalue weighted by molar-refractivity contribution is 0.0620. The highest BCUT2D eigenvalue weighted by Gasteiger charge is 2.24. The molecule has 21 heavy (non-hydrogen) atoms. The van der Waals surface area contributed by atoms with E-state index in [2.05, 4.69) is 24.1 Å². The molecule has 1 atom stereocenters. The fourth-order valence-corrected chi connectivity index (χ4v) is 2.68. The van der Waals surface area contributed by atoms with Gasteiger partial charge in [-0.25, -0.2) is 4.98 Å². The molecule has 2 rings (SSSR count). The molecule has 0 aliphatic carbocycles. The molecular formula is C16H25N3O2. The topological polar surface area (TPSA) is 65.5 Å². The summed E-state index contributed by atoms with van der Waals surface area (Å²) in [7, 11) is 1.81. The normalized spacial score (nSPS) is 18.9. The number of likely N-dealkylation sites (tertiary alicyclic amines) is 1. The Hall–Kier alpha value is -1.62. The third-order valence-electron chi connectivity index (χ3n) is 4.00. The molecule has 0 radical (unpaired) electrons. The Morgan fingerprint density at radius 1 is 1.52 bits per heavy atom. The van der Waals surface area contributed by atoms with Crippen molar-refractivity contribution < 1.29 is 9.90 Å². The quantitative estimate of drug-likeness (QED) is 0.891. The molecule has 1 aromatic heterocycles. The molecule has 1 fully saturated rings. The Morgan fingerprint density at radius 3 is 2.90 bits per heavy atom. The van der Waals surface area contributed by atoms with Gasteiger partial charge in [-0.3, -0.25) is 4.79 Å². The fourth-order valence-electron chi connectivity index (χ4n) is 2.68. The van der Waals surface area contributed by atoms with Crippen LogP contribution >= 0.6 is 0 Å². The molecular weight excluding hydrogens is 266 g/mol. The largest absolute Gasteiger partial charge is 0.396 e. The van der Waals surface area contributed by atoms with Crippen LogP contribution in [0.4, 0.5) is 5.82 Å². The summed E-state index contributed by atoms with van der Waals surface area (Å²) in [5.41, 5.74) is 1.59. The van der Waals surface area contributed by atoms with Crippen molar-refractivity contribution in [1.29, 1.82) is 0 Å². The first-order valence-corrected chi connectivity index (χ1v) is 7.65. The second kappa shape index (κ2) is 6.89. The van der Waals surface area contributed by atoms with Crippen LogP contribution in [-0.2, 0) is 0 Å². The van der Waals surface area contributed by atoms with Gasteiger partial charge < -0.3 is 15.3 Å². The Kier molecular flexibility index (Phi) is 5.17. The van der Waals surface area contributed by atoms with Crippen molar-refractivity contribution in [3.8, 4) is 0 Å². The predicted octanol–water partition coefficient (Wildman–Crippen LogP) is 2.09. The van der Waals surface area contributed by atoms with Crippen molar-refractivity contribution in [2.75, 3.05) is 32.1 Å². The van der Waals surface area contributed by atoms with E-state index < -0.39 is 0 Å². The highest BCUT2D eigenvalue weighted by atomic mass is 16.3. The predicted molar refractivity (Wildman–Crippen MR) is 83.6 cm³/mol. The van der Waals surface area contributed by atoms with Crippen LogP contribution in [0.15, 0.2) is 12.1 Å². The van der Waals surface area contributed by atoms with Gasteiger partial charge in [-0.05, 0) is 36.8 Å². The lowest BCUT2D eigenvalue weighted by Crippen LogP contribution is -2.41. The average Bonchev–Trinajstić information content (AvgIpc) is 2.53. The smallest absolute Gasteiger partial charge is 0.254 e. The number of hydrogen-bond acceptors (Lipinski definition) is 4. The number of nitrogens with one attached hydrogen (secondary N) is 1. The Bertz CT molecular complexity index is 502. The third kappa shape index (κ3) is 3.73. The van der Waals surface area contributed by atoms with E-state index in [-0.39, 0.29) is 24.3 Å². The van der Waals surface area contributed by atoms with Gasteiger partial charge in [0.1, 0.15) is 5.82 Å². The minimum absolute atomic E-state index is 0.0361. The van der Waals surface area contributed by atoms with Crippen molar-refractivity contribution in [1.82, 2.24) is 9.88 Å². The van der Waals surface area contributed by atoms with Gasteiger partial charge in [0.15, 0.2) is 0 Å². The second-order valence-electron chi connectivity index (χ2n) is 6.01. The number of carbonyl (C=O) groups is 1. The Labute approximate surface area is 126 Å². The number of pyridine rings is 1. The van der Waals surface area contributed by atoms with E-state index in [1.807, 2.05) is 18.0 Å². The van der Waals surface area contributed by atoms with Gasteiger partial charge in [0.25, 0.3) is 5.91 Å². The summed E-state index contributed by atoms with van der Waals surface area (Å²) in [5.74, 6) is 1.24. The molecule has 0 bridgehead atoms. The van der Waals surface area contributed by atoms with Gasteiger partial charge >= 0.3 is 0 Å². The lowest BCUT2D eigenvalue weighted by atomic mass is 9.98. The van der Waals surface area contributed by atoms with Gasteiger partial charge in [-0.1, -0.05) is 13.8 Å². The van der Waals surface area contributed by atoms with Crippen molar-refractivity contribution in [2.45, 2.75) is 32.6 Å². The highest BCUT2D eigenvalue weighted by molar-refractivity contribution is 5.95. The number of aromatic nitrogens is 1. The van der Waals surface area contributed by atoms with Crippen molar-refractivity contribution in [3.05, 3.63) is 23.4 Å². The molecule has 1 aromatic rings. The first-order valence-electron chi connectivity index (χ1n) is 7.65. The third-order valence-corrected chi connectivity index (χ3v) is 4.00. The van der Waals surface area contributed by atoms with Crippen molar-refractivity contribution >= 4 is 11.7 Å². The molecule has 0 spiro atoms. The number of nitrogens with zero attached hydrogens (tertiary/aromatic N) is 2. The summed E-state index contributed by atoms with van der Waals surface area (Å²) in [6.07, 6.45) is 1.95. The zero-order chi connectivity index (χ0) is 15.4. The van der Waals surface area contributed by atoms with Crippen LogP contribution in [0, 0.1) is 5.92 Å². The Balaban J connectivity index is 2.23. The van der Waals surface area contributed by atoms with Gasteiger partial charge in [0, 0.05) is 38.0 Å². The number of rotatable bonds is 4. The first kappa shape index (κ1) is 15.8. The molecule has 0 aromatic carbocycles. The van der Waals surface area contributed by atoms with Crippen LogP contribution in [0.2, 0.25) is 0 Å². The average molecular weight is 291 g/mol. The summed E-state index contributed by atoms with van der Waals surface area (Å²) in [5, 5.41) is 12.3. The Morgan fingerprint density at radius 2 is 2.29 bits per heavy atom. The van der Waals surface area contributed by atoms with E-state index in [9.17, 15) is 9.90 Å². The summed E-state index contributed by atoms with van der Waals surface area (Å²) in [6.45, 7) is 5.70. The van der Waals surface area contributed by atoms with E-state index in [4.69, 9.17) is 0 Å². The van der Waals surface area contributed by atoms with E-state index in [0.29, 0.717) is 12.1 Å². The molecule has 1 aliphatic heterocycles. The molecule has 2 N–H and O–H groups in total. The standard InChI is InChI=1S/C16H25N3O2/c1-11(2)14-7-13(8-15(17-3)18-14)16(21)19-6-4-5-12(9-19)10-20/h7-8,11-12,20H,4-6,9-10H2,1-3H3,(H,17,18). The number of carbonyl (C=O) groups excluding carboxylic acids is 1. The van der Waals surface area contributed by atoms with Gasteiger partial charge in [-0.15, -0.1) is 0 Å². The zero-order valence-electron chi connectivity index (χ0n) is 13.1. The number of piperidine rings is 1. The lowest BCUT2D eigenvalue weighted by Gasteiger charge is -2.32. The molecule has 5 heteroatoms. The van der Waals surface area contributed by atoms with Crippen molar-refractivity contribution in [3.63, 3.8) is 0 Å². The minimum Gasteiger partial charge on any atom is -0.396 e. The molecule has 0 saturated carbocycles. The molecule has 2 heterocycles. The van der Waals surface area contributed by atoms with E-state index in [1.54, 1.807) is 6.07 Å². The van der Waals surface area contributed by atoms with Gasteiger partial charge in [0.05, 0.1) is 0 Å². The van der Waals surface area contributed by atoms with Crippen LogP contribution in [-0.4, -0.2) is 47.6 Å². The molecule has 1 saturated heterocycles. The van der Waals surface area contributed by atoms with E-state index in [1.165, 1.54) is 0 Å². The summed E-state index contributed by atoms with van der Waals surface area (Å²) in [4.78, 5) is 19.0. The summed E-state index contributed by atoms with van der Waals surface area (Å²) < 4.78 is 0. The molecule has 5 nitrogen and oxygen atoms in total. The van der Waals surface area contributed by atoms with Crippen molar-refractivity contribution in [2.24, 2.45) is 5.92 Å². The molecule has 116 valence electrons. The van der Waals surface area contributed by atoms with Crippen LogP contribution in [0.5, 0.6) is 0 Å². The van der Waals surface area contributed by atoms with E-state index >= 15 is 0 Å². The van der Waals surface area contributed by atoms with E-state index in [0.717, 1.165) is 30.9 Å². The maximum Gasteiger partial charge on any atom is 0.254 e. The number of aliphatic hydroxyl groups is 1. The maximum atomic E-state index is 12.7. The maximum absolute atomic E-state index is 12.7. The summed E-state index contributed by atoms with van der Waals surface area (Å²) in [6, 6.07) is 3.69. The van der Waals surface area contributed by atoms with Crippen LogP contribution in [0.3, 0.4) is 0 Å². The number of hydrogen-bond donors (Lipinski definition) is 2. The number of aliphatic hydroxyl groups excluding tert-OH is 1. The molecule has 1 unspecified atom stereocenters. The fraction of sp³-hybridized carbons (Fsp3) is 0.625. The minimum atomic E-state index is 0.0361. The SMILES string of the molecule is CNc1cc(C(=O)N2CCCC(CO)C2)cc(C(C)C)n1. The van der Waals surface area contributed by atoms with Crippen LogP contribution < -0.4 is 5.32 Å². The van der Waals surface area contributed by atoms with Gasteiger partial charge in [-0.2, -0.15) is 0 Å².